The van der Waals surface area contributed by atoms with E-state index in [4.69, 9.17) is 34.4 Å². The molecule has 131 heavy (non-hydrogen) atoms. The number of amides is 12. The van der Waals surface area contributed by atoms with Crippen LogP contribution >= 0.6 is 0 Å². The van der Waals surface area contributed by atoms with Gasteiger partial charge in [-0.25, -0.2) is 0 Å². The molecule has 0 saturated carbocycles. The molecule has 12 amide bonds. The Morgan fingerprint density at radius 3 is 0.916 bits per heavy atom. The Kier molecular flexibility index (Phi) is 48.8. The molecule has 3 aromatic carbocycles. The van der Waals surface area contributed by atoms with E-state index in [2.05, 4.69) is 73.5 Å². The number of carbonyl (C=O) groups excluding carboxylic acids is 15. The van der Waals surface area contributed by atoms with Gasteiger partial charge in [-0.2, -0.15) is 0 Å². The van der Waals surface area contributed by atoms with E-state index in [9.17, 15) is 71.9 Å². The Labute approximate surface area is 773 Å². The van der Waals surface area contributed by atoms with Gasteiger partial charge in [0.15, 0.2) is 35.2 Å². The highest BCUT2D eigenvalue weighted by atomic mass is 16.2. The Hall–Kier alpha value is -11.9. The summed E-state index contributed by atoms with van der Waals surface area (Å²) in [6, 6.07) is 21.2. The molecule has 3 saturated heterocycles. The van der Waals surface area contributed by atoms with Crippen molar-refractivity contribution in [3.8, 4) is 0 Å². The second kappa shape index (κ2) is 57.3. The fourth-order valence-electron chi connectivity index (χ4n) is 15.2. The molecule has 3 aliphatic heterocycles. The van der Waals surface area contributed by atoms with Crippen LogP contribution in [0.1, 0.15) is 278 Å². The van der Waals surface area contributed by atoms with Crippen LogP contribution in [0.5, 0.6) is 0 Å². The van der Waals surface area contributed by atoms with Gasteiger partial charge in [-0.05, 0) is 140 Å². The summed E-state index contributed by atoms with van der Waals surface area (Å²) < 4.78 is 0. The molecule has 0 radical (unpaired) electrons. The van der Waals surface area contributed by atoms with Crippen molar-refractivity contribution in [2.45, 2.75) is 296 Å². The van der Waals surface area contributed by atoms with E-state index in [1.54, 1.807) is 168 Å². The third kappa shape index (κ3) is 39.0. The topological polar surface area (TPSA) is 585 Å². The Morgan fingerprint density at radius 2 is 0.641 bits per heavy atom. The average molecular weight is 1830 g/mol. The van der Waals surface area contributed by atoms with Crippen molar-refractivity contribution < 1.29 is 71.9 Å². The molecule has 36 heteroatoms. The number of carbonyl (C=O) groups is 15. The van der Waals surface area contributed by atoms with Crippen LogP contribution < -0.4 is 92.9 Å². The van der Waals surface area contributed by atoms with E-state index < -0.39 is 106 Å². The van der Waals surface area contributed by atoms with E-state index >= 15 is 0 Å². The van der Waals surface area contributed by atoms with Crippen LogP contribution in [0, 0.1) is 35.5 Å². The second-order valence-corrected chi connectivity index (χ2v) is 35.8. The zero-order valence-corrected chi connectivity index (χ0v) is 79.4. The predicted octanol–water partition coefficient (Wildman–Crippen LogP) is 5.50. The SMILES string of the molecule is CC[C@@H]1NC(=O)[C@H](CCCN=C(N)N)CC(=O)[C@](C)(NC(=O)C(C)C)CCCCCCNC(=O)[C@@H](c2ccccc2)NC1=O.CC[C@@H]1NC(=O)[C@H](CCCN=C(N)N)CC(=O)[C@](C)(NC(=O)C(C)C)CCCCCCNC(=O)[C@H](c2ccccc2)NC1=O.CC[C@@H]1NC(=O)[C@H](CCCN=C(N)N)CC(=O)[C@](C)(NC(=O)C(C)C)CCCCN(C)C(=O)[C@@H](c2ccccc2)NC1=O. The van der Waals surface area contributed by atoms with Gasteiger partial charge >= 0.3 is 0 Å². The minimum atomic E-state index is -1.21. The summed E-state index contributed by atoms with van der Waals surface area (Å²) in [4.78, 5) is 214. The molecule has 3 heterocycles. The molecule has 0 unspecified atom stereocenters. The number of likely N-dealkylation sites (N-methyl/N-ethyl adjacent to an activating group) is 1. The normalized spacial score (nSPS) is 24.7. The van der Waals surface area contributed by atoms with Gasteiger partial charge in [-0.3, -0.25) is 86.9 Å². The summed E-state index contributed by atoms with van der Waals surface area (Å²) in [5.74, 6) is -8.97. The number of nitrogens with zero attached hydrogens (tertiary/aromatic N) is 4. The maximum Gasteiger partial charge on any atom is 0.249 e. The lowest BCUT2D eigenvalue weighted by Crippen LogP contribution is -2.55. The van der Waals surface area contributed by atoms with Crippen LogP contribution in [0.2, 0.25) is 0 Å². The van der Waals surface area contributed by atoms with Crippen molar-refractivity contribution in [2.24, 2.45) is 84.9 Å². The first-order valence-electron chi connectivity index (χ1n) is 46.5. The molecule has 3 aliphatic rings. The van der Waals surface area contributed by atoms with Gasteiger partial charge < -0.3 is 97.8 Å². The minimum Gasteiger partial charge on any atom is -0.370 e. The maximum atomic E-state index is 13.8. The zero-order valence-electron chi connectivity index (χ0n) is 79.4. The van der Waals surface area contributed by atoms with Crippen LogP contribution in [-0.2, 0) is 71.9 Å². The van der Waals surface area contributed by atoms with Gasteiger partial charge in [0.05, 0.1) is 16.6 Å². The van der Waals surface area contributed by atoms with Crippen LogP contribution in [0.25, 0.3) is 0 Å². The van der Waals surface area contributed by atoms with Crippen molar-refractivity contribution in [1.82, 2.24) is 63.4 Å². The molecule has 726 valence electrons. The van der Waals surface area contributed by atoms with Gasteiger partial charge in [0.1, 0.15) is 36.3 Å². The molecule has 0 bridgehead atoms. The zero-order chi connectivity index (χ0) is 97.6. The van der Waals surface area contributed by atoms with Crippen molar-refractivity contribution in [3.05, 3.63) is 108 Å². The first-order valence-corrected chi connectivity index (χ1v) is 46.5. The molecule has 36 nitrogen and oxygen atoms in total. The number of hydrogen-bond acceptors (Lipinski definition) is 18. The average Bonchev–Trinajstić information content (AvgIpc) is 0.834. The van der Waals surface area contributed by atoms with Gasteiger partial charge in [0, 0.05) is 101 Å². The molecule has 12 atom stereocenters. The lowest BCUT2D eigenvalue weighted by atomic mass is 9.82. The highest BCUT2D eigenvalue weighted by Crippen LogP contribution is 2.30. The fourth-order valence-corrected chi connectivity index (χ4v) is 15.2. The summed E-state index contributed by atoms with van der Waals surface area (Å²) in [7, 11) is 1.67. The molecular weight excluding hydrogens is 1680 g/mol. The molecule has 6 rings (SSSR count). The van der Waals surface area contributed by atoms with E-state index in [1.807, 2.05) is 18.2 Å². The number of guanidine groups is 3. The number of ketones is 3. The molecule has 3 aromatic rings. The molecule has 23 N–H and O–H groups in total. The van der Waals surface area contributed by atoms with Gasteiger partial charge in [0.25, 0.3) is 0 Å². The Bertz CT molecular complexity index is 4130. The molecule has 0 spiro atoms. The lowest BCUT2D eigenvalue weighted by molar-refractivity contribution is -0.138. The Morgan fingerprint density at radius 1 is 0.374 bits per heavy atom. The second-order valence-electron chi connectivity index (χ2n) is 35.8. The standard InChI is InChI=1S/2C32H51N7O5.C31H49N7O5/c2*1-5-24-29(43)38-26(22-14-9-8-10-15-22)30(44)35-18-12-7-6-11-17-32(4,39-27(41)21(2)3)25(40)20-23(28(42)37-24)16-13-19-36-31(33)34;1-6-23-28(42)36-25(21-13-8-7-9-14-21)29(43)38(5)18-11-10-16-31(4,37-26(40)20(2)3)24(39)19-22(27(41)35-23)15-12-17-34-30(32)33/h2*8-10,14-15,21,23-24,26H,5-7,11-13,16-20H2,1-4H3,(H,35,44)(H,37,42)(H,38,43)(H,39,41)(H4,33,34,36);7-9,13-14,20,22-23,25H,6,10-12,15-19H2,1-5H3,(H,35,41)(H,36,42)(H,37,40)(H4,32,33,34)/t23-,24+,26+,32-;23-,24+,26-,32-;22-,23+,25-,31-/m111/s1. The molecule has 0 aromatic heterocycles. The van der Waals surface area contributed by atoms with E-state index in [0.717, 1.165) is 38.5 Å². The number of nitrogens with one attached hydrogen (secondary N) is 11. The predicted molar refractivity (Wildman–Crippen MR) is 506 cm³/mol. The van der Waals surface area contributed by atoms with E-state index in [0.29, 0.717) is 101 Å². The largest absolute Gasteiger partial charge is 0.370 e. The van der Waals surface area contributed by atoms with Crippen LogP contribution in [0.15, 0.2) is 106 Å². The minimum absolute atomic E-state index is 0.0704. The van der Waals surface area contributed by atoms with Gasteiger partial charge in [-0.1, -0.05) is 192 Å². The first-order chi connectivity index (χ1) is 62.0. The number of aliphatic imine (C=N–C) groups is 3. The van der Waals surface area contributed by atoms with Crippen molar-refractivity contribution >= 4 is 106 Å². The summed E-state index contributed by atoms with van der Waals surface area (Å²) in [5.41, 5.74) is 31.0. The van der Waals surface area contributed by atoms with Gasteiger partial charge in [0.2, 0.25) is 70.9 Å². The molecule has 3 fully saturated rings. The van der Waals surface area contributed by atoms with E-state index in [-0.39, 0.29) is 166 Å². The third-order valence-electron chi connectivity index (χ3n) is 23.8. The monoisotopic (exact) mass is 1830 g/mol. The molecular formula is C95H151N21O15. The number of Topliss-reactive ketones (excluding diaryl/α,β-unsaturated/α-hetero) is 3. The van der Waals surface area contributed by atoms with Crippen molar-refractivity contribution in [3.63, 3.8) is 0 Å². The summed E-state index contributed by atoms with van der Waals surface area (Å²) in [6.07, 6.45) is 10.8. The molecule has 0 aliphatic carbocycles. The van der Waals surface area contributed by atoms with Crippen molar-refractivity contribution in [2.75, 3.05) is 46.3 Å². The Balaban J connectivity index is 0.000000411. The van der Waals surface area contributed by atoms with Crippen LogP contribution in [0.3, 0.4) is 0 Å². The number of benzene rings is 3. The summed E-state index contributed by atoms with van der Waals surface area (Å²) in [6.45, 7) is 23.0. The van der Waals surface area contributed by atoms with E-state index in [1.165, 1.54) is 0 Å². The highest BCUT2D eigenvalue weighted by molar-refractivity contribution is 6.01. The van der Waals surface area contributed by atoms with Crippen molar-refractivity contribution in [1.29, 1.82) is 0 Å². The van der Waals surface area contributed by atoms with Gasteiger partial charge in [-0.15, -0.1) is 0 Å². The smallest absolute Gasteiger partial charge is 0.249 e. The lowest BCUT2D eigenvalue weighted by Gasteiger charge is -2.33. The maximum absolute atomic E-state index is 13.8. The highest BCUT2D eigenvalue weighted by Gasteiger charge is 2.43. The first kappa shape index (κ1) is 111. The fraction of sp³-hybridized carbons (Fsp3) is 0.621. The summed E-state index contributed by atoms with van der Waals surface area (Å²) >= 11 is 0. The number of nitrogens with two attached hydrogens (primary N) is 6. The quantitative estimate of drug-likeness (QED) is 0.0299. The number of hydrogen-bond donors (Lipinski definition) is 17. The van der Waals surface area contributed by atoms with Crippen LogP contribution in [-0.4, -0.2) is 192 Å². The summed E-state index contributed by atoms with van der Waals surface area (Å²) in [5, 5.41) is 31.5. The van der Waals surface area contributed by atoms with Crippen LogP contribution in [0.4, 0.5) is 0 Å². The third-order valence-corrected chi connectivity index (χ3v) is 23.8. The number of rotatable bonds is 24.